The average molecular weight is 490 g/mol. The Bertz CT molecular complexity index is 1360. The molecule has 1 aromatic heterocycles. The van der Waals surface area contributed by atoms with Crippen LogP contribution < -0.4 is 10.9 Å². The monoisotopic (exact) mass is 489 g/mol. The standard InChI is InChI=1S/C28H28FN3O2S/c1-3-4-14-25(26(33)30-19(2)20-10-6-5-7-11-20)35-28-31-24-13-9-8-12-23(24)27(34)32(28)22-17-15-21(29)16-18-22/h5-13,15-19,25H,3-4,14H2,1-2H3,(H,30,33). The fourth-order valence-corrected chi connectivity index (χ4v) is 5.06. The van der Waals surface area contributed by atoms with Gasteiger partial charge in [0.2, 0.25) is 5.91 Å². The Hall–Kier alpha value is -3.45. The maximum absolute atomic E-state index is 13.6. The van der Waals surface area contributed by atoms with E-state index >= 15 is 0 Å². The SMILES string of the molecule is CCCCC(Sc1nc2ccccc2c(=O)n1-c1ccc(F)cc1)C(=O)NC(C)c1ccccc1. The topological polar surface area (TPSA) is 64.0 Å². The summed E-state index contributed by atoms with van der Waals surface area (Å²) in [4.78, 5) is 31.6. The summed E-state index contributed by atoms with van der Waals surface area (Å²) in [6.45, 7) is 4.03. The van der Waals surface area contributed by atoms with Crippen molar-refractivity contribution in [2.24, 2.45) is 0 Å². The Morgan fingerprint density at radius 3 is 2.43 bits per heavy atom. The van der Waals surface area contributed by atoms with E-state index in [1.807, 2.05) is 43.3 Å². The van der Waals surface area contributed by atoms with Crippen molar-refractivity contribution in [1.82, 2.24) is 14.9 Å². The van der Waals surface area contributed by atoms with Crippen LogP contribution in [0, 0.1) is 5.82 Å². The molecule has 0 saturated carbocycles. The molecule has 0 saturated heterocycles. The number of aromatic nitrogens is 2. The summed E-state index contributed by atoms with van der Waals surface area (Å²) in [5.74, 6) is -0.493. The minimum absolute atomic E-state index is 0.104. The van der Waals surface area contributed by atoms with E-state index in [9.17, 15) is 14.0 Å². The first kappa shape index (κ1) is 24.7. The van der Waals surface area contributed by atoms with E-state index in [2.05, 4.69) is 12.2 Å². The predicted molar refractivity (Wildman–Crippen MR) is 139 cm³/mol. The number of carbonyl (C=O) groups excluding carboxylic acids is 1. The Labute approximate surface area is 208 Å². The van der Waals surface area contributed by atoms with E-state index in [0.29, 0.717) is 28.2 Å². The molecule has 35 heavy (non-hydrogen) atoms. The third-order valence-electron chi connectivity index (χ3n) is 5.85. The van der Waals surface area contributed by atoms with Gasteiger partial charge in [-0.15, -0.1) is 0 Å². The Kier molecular flexibility index (Phi) is 7.98. The molecule has 0 aliphatic rings. The largest absolute Gasteiger partial charge is 0.349 e. The summed E-state index contributed by atoms with van der Waals surface area (Å²) in [7, 11) is 0. The quantitative estimate of drug-likeness (QED) is 0.230. The summed E-state index contributed by atoms with van der Waals surface area (Å²) in [6, 6.07) is 22.5. The maximum atomic E-state index is 13.6. The zero-order chi connectivity index (χ0) is 24.8. The van der Waals surface area contributed by atoms with E-state index in [1.165, 1.54) is 28.5 Å². The number of hydrogen-bond donors (Lipinski definition) is 1. The number of nitrogens with zero attached hydrogens (tertiary/aromatic N) is 2. The molecule has 2 unspecified atom stereocenters. The van der Waals surface area contributed by atoms with Crippen LogP contribution in [0.15, 0.2) is 88.8 Å². The second kappa shape index (κ2) is 11.3. The number of amides is 1. The van der Waals surface area contributed by atoms with Gasteiger partial charge in [-0.25, -0.2) is 9.37 Å². The fourth-order valence-electron chi connectivity index (χ4n) is 3.90. The molecule has 1 N–H and O–H groups in total. The molecule has 0 fully saturated rings. The third-order valence-corrected chi connectivity index (χ3v) is 7.07. The predicted octanol–water partition coefficient (Wildman–Crippen LogP) is 6.05. The molecule has 3 aromatic carbocycles. The summed E-state index contributed by atoms with van der Waals surface area (Å²) in [5.41, 5.74) is 1.83. The van der Waals surface area contributed by atoms with Gasteiger partial charge >= 0.3 is 0 Å². The van der Waals surface area contributed by atoms with Gasteiger partial charge in [0.05, 0.1) is 27.9 Å². The molecule has 0 spiro atoms. The van der Waals surface area contributed by atoms with Gasteiger partial charge in [-0.3, -0.25) is 14.2 Å². The summed E-state index contributed by atoms with van der Waals surface area (Å²) >= 11 is 1.27. The molecule has 180 valence electrons. The molecule has 5 nitrogen and oxygen atoms in total. The van der Waals surface area contributed by atoms with Crippen molar-refractivity contribution >= 4 is 28.6 Å². The van der Waals surface area contributed by atoms with Crippen LogP contribution in [0.4, 0.5) is 4.39 Å². The maximum Gasteiger partial charge on any atom is 0.266 e. The first-order valence-corrected chi connectivity index (χ1v) is 12.7. The summed E-state index contributed by atoms with van der Waals surface area (Å²) < 4.78 is 15.1. The highest BCUT2D eigenvalue weighted by atomic mass is 32.2. The molecule has 1 amide bonds. The second-order valence-corrected chi connectivity index (χ2v) is 9.59. The van der Waals surface area contributed by atoms with Crippen LogP contribution in [0.5, 0.6) is 0 Å². The van der Waals surface area contributed by atoms with Crippen molar-refractivity contribution in [3.05, 3.63) is 101 Å². The fraction of sp³-hybridized carbons (Fsp3) is 0.250. The van der Waals surface area contributed by atoms with Crippen molar-refractivity contribution < 1.29 is 9.18 Å². The third kappa shape index (κ3) is 5.80. The molecule has 0 radical (unpaired) electrons. The number of carbonyl (C=O) groups is 1. The number of thioether (sulfide) groups is 1. The Morgan fingerprint density at radius 2 is 1.71 bits per heavy atom. The molecule has 4 aromatic rings. The van der Waals surface area contributed by atoms with Gasteiger partial charge in [0, 0.05) is 0 Å². The Morgan fingerprint density at radius 1 is 1.03 bits per heavy atom. The molecule has 2 atom stereocenters. The van der Waals surface area contributed by atoms with E-state index in [4.69, 9.17) is 4.98 Å². The summed E-state index contributed by atoms with van der Waals surface area (Å²) in [6.07, 6.45) is 2.44. The molecule has 1 heterocycles. The molecule has 0 aliphatic carbocycles. The lowest BCUT2D eigenvalue weighted by Gasteiger charge is -2.21. The van der Waals surface area contributed by atoms with Gasteiger partial charge in [-0.2, -0.15) is 0 Å². The summed E-state index contributed by atoms with van der Waals surface area (Å²) in [5, 5.41) is 3.55. The van der Waals surface area contributed by atoms with Gasteiger partial charge in [0.1, 0.15) is 5.82 Å². The lowest BCUT2D eigenvalue weighted by atomic mass is 10.1. The normalized spacial score (nSPS) is 12.9. The highest BCUT2D eigenvalue weighted by Crippen LogP contribution is 2.29. The number of halogens is 1. The zero-order valence-electron chi connectivity index (χ0n) is 19.8. The van der Waals surface area contributed by atoms with E-state index < -0.39 is 5.25 Å². The van der Waals surface area contributed by atoms with Crippen LogP contribution >= 0.6 is 11.8 Å². The number of para-hydroxylation sites is 1. The van der Waals surface area contributed by atoms with Crippen LogP contribution in [0.25, 0.3) is 16.6 Å². The average Bonchev–Trinajstić information content (AvgIpc) is 2.88. The molecule has 0 aliphatic heterocycles. The van der Waals surface area contributed by atoms with E-state index in [1.54, 1.807) is 30.3 Å². The van der Waals surface area contributed by atoms with Gasteiger partial charge in [0.25, 0.3) is 5.56 Å². The van der Waals surface area contributed by atoms with Crippen molar-refractivity contribution in [3.8, 4) is 5.69 Å². The van der Waals surface area contributed by atoms with E-state index in [0.717, 1.165) is 18.4 Å². The molecular formula is C28H28FN3O2S. The van der Waals surface area contributed by atoms with Crippen LogP contribution in [0.2, 0.25) is 0 Å². The van der Waals surface area contributed by atoms with Crippen LogP contribution in [0.3, 0.4) is 0 Å². The Balaban J connectivity index is 1.72. The minimum atomic E-state index is -0.444. The van der Waals surface area contributed by atoms with Gasteiger partial charge < -0.3 is 5.32 Å². The second-order valence-electron chi connectivity index (χ2n) is 8.42. The number of fused-ring (bicyclic) bond motifs is 1. The molecule has 0 bridgehead atoms. The van der Waals surface area contributed by atoms with Crippen LogP contribution in [-0.2, 0) is 4.79 Å². The van der Waals surface area contributed by atoms with Gasteiger partial charge in [0.15, 0.2) is 5.16 Å². The zero-order valence-corrected chi connectivity index (χ0v) is 20.6. The lowest BCUT2D eigenvalue weighted by molar-refractivity contribution is -0.121. The smallest absolute Gasteiger partial charge is 0.266 e. The minimum Gasteiger partial charge on any atom is -0.349 e. The van der Waals surface area contributed by atoms with Crippen LogP contribution in [0.1, 0.15) is 44.7 Å². The first-order chi connectivity index (χ1) is 17.0. The molecule has 4 rings (SSSR count). The molecule has 7 heteroatoms. The van der Waals surface area contributed by atoms with Crippen molar-refractivity contribution in [1.29, 1.82) is 0 Å². The highest BCUT2D eigenvalue weighted by molar-refractivity contribution is 8.00. The van der Waals surface area contributed by atoms with Gasteiger partial charge in [-0.05, 0) is 55.3 Å². The molecular weight excluding hydrogens is 461 g/mol. The number of benzene rings is 3. The first-order valence-electron chi connectivity index (χ1n) is 11.8. The van der Waals surface area contributed by atoms with Crippen molar-refractivity contribution in [3.63, 3.8) is 0 Å². The number of rotatable bonds is 9. The number of nitrogens with one attached hydrogen (secondary N) is 1. The van der Waals surface area contributed by atoms with Crippen molar-refractivity contribution in [2.45, 2.75) is 49.6 Å². The number of unbranched alkanes of at least 4 members (excludes halogenated alkanes) is 1. The van der Waals surface area contributed by atoms with Gasteiger partial charge in [-0.1, -0.05) is 74.0 Å². The highest BCUT2D eigenvalue weighted by Gasteiger charge is 2.25. The van der Waals surface area contributed by atoms with E-state index in [-0.39, 0.29) is 23.3 Å². The lowest BCUT2D eigenvalue weighted by Crippen LogP contribution is -2.35. The number of hydrogen-bond acceptors (Lipinski definition) is 4. The van der Waals surface area contributed by atoms with Crippen molar-refractivity contribution in [2.75, 3.05) is 0 Å². The van der Waals surface area contributed by atoms with Crippen LogP contribution in [-0.4, -0.2) is 20.7 Å².